The van der Waals surface area contributed by atoms with Gasteiger partial charge < -0.3 is 25.4 Å². The maximum Gasteiger partial charge on any atom is 0.246 e. The SMILES string of the molecule is O=C(Cn1cc(Nc2ncnc3cc(OCCCNC4CCOCC4)ccc23)cn1)Nc1cccc(F)c1F. The molecule has 3 N–H and O–H groups in total. The lowest BCUT2D eigenvalue weighted by Gasteiger charge is -2.23. The zero-order valence-corrected chi connectivity index (χ0v) is 21.2. The monoisotopic (exact) mass is 537 g/mol. The Labute approximate surface area is 223 Å². The molecule has 1 fully saturated rings. The van der Waals surface area contributed by atoms with Crippen molar-refractivity contribution in [3.63, 3.8) is 0 Å². The van der Waals surface area contributed by atoms with Crippen LogP contribution in [0.25, 0.3) is 10.9 Å². The maximum atomic E-state index is 13.8. The van der Waals surface area contributed by atoms with Crippen molar-refractivity contribution in [2.45, 2.75) is 31.8 Å². The summed E-state index contributed by atoms with van der Waals surface area (Å²) < 4.78 is 39.9. The first-order chi connectivity index (χ1) is 19.0. The van der Waals surface area contributed by atoms with Crippen LogP contribution in [0.3, 0.4) is 0 Å². The third kappa shape index (κ3) is 7.03. The Balaban J connectivity index is 1.14. The van der Waals surface area contributed by atoms with Crippen LogP contribution in [0, 0.1) is 11.6 Å². The van der Waals surface area contributed by atoms with Gasteiger partial charge in [-0.05, 0) is 50.1 Å². The molecule has 0 saturated carbocycles. The predicted octanol–water partition coefficient (Wildman–Crippen LogP) is 4.02. The number of hydrogen-bond donors (Lipinski definition) is 3. The predicted molar refractivity (Wildman–Crippen MR) is 142 cm³/mol. The Bertz CT molecular complexity index is 1430. The van der Waals surface area contributed by atoms with Crippen LogP contribution in [0.1, 0.15) is 19.3 Å². The molecule has 2 aromatic carbocycles. The molecule has 1 aliphatic rings. The maximum absolute atomic E-state index is 13.8. The molecule has 12 heteroatoms. The second kappa shape index (κ2) is 12.6. The van der Waals surface area contributed by atoms with Gasteiger partial charge in [0.1, 0.15) is 24.4 Å². The molecule has 1 amide bonds. The van der Waals surface area contributed by atoms with Gasteiger partial charge in [0.2, 0.25) is 5.91 Å². The molecule has 0 unspecified atom stereocenters. The van der Waals surface area contributed by atoms with E-state index in [0.29, 0.717) is 29.7 Å². The van der Waals surface area contributed by atoms with Gasteiger partial charge in [0.25, 0.3) is 0 Å². The normalized spacial score (nSPS) is 13.9. The molecule has 5 rings (SSSR count). The van der Waals surface area contributed by atoms with Crippen LogP contribution in [0.15, 0.2) is 55.1 Å². The molecule has 39 heavy (non-hydrogen) atoms. The molecule has 2 aromatic heterocycles. The fourth-order valence-corrected chi connectivity index (χ4v) is 4.28. The molecule has 0 radical (unpaired) electrons. The smallest absolute Gasteiger partial charge is 0.246 e. The fraction of sp³-hybridized carbons (Fsp3) is 0.333. The third-order valence-electron chi connectivity index (χ3n) is 6.28. The molecule has 0 aliphatic carbocycles. The Kier molecular flexibility index (Phi) is 8.54. The van der Waals surface area contributed by atoms with E-state index >= 15 is 0 Å². The molecule has 4 aromatic rings. The Hall–Kier alpha value is -4.16. The second-order valence-electron chi connectivity index (χ2n) is 9.15. The van der Waals surface area contributed by atoms with Crippen molar-refractivity contribution in [1.29, 1.82) is 0 Å². The highest BCUT2D eigenvalue weighted by Crippen LogP contribution is 2.26. The number of nitrogens with one attached hydrogen (secondary N) is 3. The van der Waals surface area contributed by atoms with E-state index in [1.54, 1.807) is 6.20 Å². The van der Waals surface area contributed by atoms with E-state index in [1.807, 2.05) is 18.2 Å². The molecule has 0 bridgehead atoms. The summed E-state index contributed by atoms with van der Waals surface area (Å²) in [4.78, 5) is 21.0. The van der Waals surface area contributed by atoms with E-state index in [1.165, 1.54) is 29.3 Å². The van der Waals surface area contributed by atoms with Crippen LogP contribution in [0.2, 0.25) is 0 Å². The summed E-state index contributed by atoms with van der Waals surface area (Å²) in [5.74, 6) is -1.40. The van der Waals surface area contributed by atoms with E-state index < -0.39 is 17.5 Å². The van der Waals surface area contributed by atoms with E-state index in [4.69, 9.17) is 9.47 Å². The van der Waals surface area contributed by atoms with Gasteiger partial charge in [-0.2, -0.15) is 5.10 Å². The van der Waals surface area contributed by atoms with Crippen molar-refractivity contribution in [2.75, 3.05) is 37.0 Å². The van der Waals surface area contributed by atoms with Crippen LogP contribution in [-0.4, -0.2) is 58.1 Å². The van der Waals surface area contributed by atoms with Crippen molar-refractivity contribution < 1.29 is 23.0 Å². The highest BCUT2D eigenvalue weighted by Gasteiger charge is 2.14. The molecule has 204 valence electrons. The minimum Gasteiger partial charge on any atom is -0.493 e. The van der Waals surface area contributed by atoms with Gasteiger partial charge >= 0.3 is 0 Å². The first-order valence-electron chi connectivity index (χ1n) is 12.8. The zero-order valence-electron chi connectivity index (χ0n) is 21.2. The summed E-state index contributed by atoms with van der Waals surface area (Å²) >= 11 is 0. The Morgan fingerprint density at radius 1 is 1.15 bits per heavy atom. The lowest BCUT2D eigenvalue weighted by atomic mass is 10.1. The molecule has 3 heterocycles. The number of fused-ring (bicyclic) bond motifs is 1. The Morgan fingerprint density at radius 2 is 2.03 bits per heavy atom. The van der Waals surface area contributed by atoms with E-state index in [0.717, 1.165) is 56.2 Å². The number of aromatic nitrogens is 4. The van der Waals surface area contributed by atoms with Crippen LogP contribution in [0.4, 0.5) is 26.0 Å². The molecular formula is C27H29F2N7O3. The quantitative estimate of drug-likeness (QED) is 0.246. The number of rotatable bonds is 11. The van der Waals surface area contributed by atoms with Gasteiger partial charge in [0.05, 0.1) is 29.7 Å². The summed E-state index contributed by atoms with van der Waals surface area (Å²) in [6, 6.07) is 9.74. The minimum atomic E-state index is -1.11. The van der Waals surface area contributed by atoms with Gasteiger partial charge in [0.15, 0.2) is 11.6 Å². The van der Waals surface area contributed by atoms with Gasteiger partial charge in [-0.15, -0.1) is 0 Å². The van der Waals surface area contributed by atoms with Crippen molar-refractivity contribution in [3.05, 3.63) is 66.8 Å². The number of benzene rings is 2. The molecular weight excluding hydrogens is 508 g/mol. The lowest BCUT2D eigenvalue weighted by molar-refractivity contribution is -0.116. The van der Waals surface area contributed by atoms with Crippen LogP contribution in [0.5, 0.6) is 5.75 Å². The van der Waals surface area contributed by atoms with Crippen LogP contribution >= 0.6 is 0 Å². The first-order valence-corrected chi connectivity index (χ1v) is 12.8. The Morgan fingerprint density at radius 3 is 2.90 bits per heavy atom. The average Bonchev–Trinajstić information content (AvgIpc) is 3.38. The number of halogens is 2. The topological polar surface area (TPSA) is 115 Å². The van der Waals surface area contributed by atoms with Crippen molar-refractivity contribution in [2.24, 2.45) is 0 Å². The van der Waals surface area contributed by atoms with Gasteiger partial charge in [0, 0.05) is 36.9 Å². The van der Waals surface area contributed by atoms with E-state index in [9.17, 15) is 13.6 Å². The van der Waals surface area contributed by atoms with Crippen LogP contribution < -0.4 is 20.7 Å². The number of anilines is 3. The van der Waals surface area contributed by atoms with Crippen LogP contribution in [-0.2, 0) is 16.1 Å². The second-order valence-corrected chi connectivity index (χ2v) is 9.15. The molecule has 1 saturated heterocycles. The van der Waals surface area contributed by atoms with E-state index in [-0.39, 0.29) is 12.2 Å². The lowest BCUT2D eigenvalue weighted by Crippen LogP contribution is -2.35. The molecule has 0 spiro atoms. The number of ether oxygens (including phenoxy) is 2. The zero-order chi connectivity index (χ0) is 27.0. The standard InChI is InChI=1S/C27H29F2N7O3/c28-22-3-1-4-23(26(22)29)35-25(37)16-36-15-19(14-33-36)34-27-21-6-5-20(13-24(21)31-17-32-27)39-10-2-9-30-18-7-11-38-12-8-18/h1,3-6,13-15,17-18,30H,2,7-12,16H2,(H,35,37)(H,31,32,34). The van der Waals surface area contributed by atoms with E-state index in [2.05, 4.69) is 31.0 Å². The largest absolute Gasteiger partial charge is 0.493 e. The summed E-state index contributed by atoms with van der Waals surface area (Å²) in [6.45, 7) is 2.95. The number of nitrogens with zero attached hydrogens (tertiary/aromatic N) is 4. The minimum absolute atomic E-state index is 0.187. The van der Waals surface area contributed by atoms with Crippen molar-refractivity contribution in [1.82, 2.24) is 25.1 Å². The fourth-order valence-electron chi connectivity index (χ4n) is 4.28. The number of hydrogen-bond acceptors (Lipinski definition) is 8. The van der Waals surface area contributed by atoms with Gasteiger partial charge in [-0.3, -0.25) is 9.48 Å². The summed E-state index contributed by atoms with van der Waals surface area (Å²) in [5, 5.41) is 14.0. The number of carbonyl (C=O) groups excluding carboxylic acids is 1. The highest BCUT2D eigenvalue weighted by atomic mass is 19.2. The van der Waals surface area contributed by atoms with Crippen molar-refractivity contribution >= 4 is 34.0 Å². The summed E-state index contributed by atoms with van der Waals surface area (Å²) in [7, 11) is 0. The summed E-state index contributed by atoms with van der Waals surface area (Å²) in [5.41, 5.74) is 1.08. The third-order valence-corrected chi connectivity index (χ3v) is 6.28. The van der Waals surface area contributed by atoms with Gasteiger partial charge in [-0.25, -0.2) is 18.7 Å². The average molecular weight is 538 g/mol. The highest BCUT2D eigenvalue weighted by molar-refractivity contribution is 5.92. The number of amides is 1. The number of carbonyl (C=O) groups is 1. The summed E-state index contributed by atoms with van der Waals surface area (Å²) in [6.07, 6.45) is 7.60. The molecule has 10 nitrogen and oxygen atoms in total. The van der Waals surface area contributed by atoms with Gasteiger partial charge in [-0.1, -0.05) is 6.07 Å². The molecule has 1 aliphatic heterocycles. The first kappa shape index (κ1) is 26.4. The molecule has 0 atom stereocenters. The van der Waals surface area contributed by atoms with Crippen molar-refractivity contribution in [3.8, 4) is 5.75 Å².